The molecule has 1 unspecified atom stereocenters. The Morgan fingerprint density at radius 1 is 1.24 bits per heavy atom. The summed E-state index contributed by atoms with van der Waals surface area (Å²) in [7, 11) is 0. The zero-order chi connectivity index (χ0) is 23.4. The number of fused-ring (bicyclic) bond motifs is 4. The van der Waals surface area contributed by atoms with Crippen molar-refractivity contribution in [1.82, 2.24) is 10.2 Å². The number of β-lactam (4-membered cyclic amide) rings is 1. The monoisotopic (exact) mass is 491 g/mol. The van der Waals surface area contributed by atoms with E-state index < -0.39 is 22.8 Å². The van der Waals surface area contributed by atoms with E-state index in [1.807, 2.05) is 17.5 Å². The fourth-order valence-electron chi connectivity index (χ4n) is 5.68. The van der Waals surface area contributed by atoms with Gasteiger partial charge in [0.1, 0.15) is 23.7 Å². The van der Waals surface area contributed by atoms with Gasteiger partial charge in [0.2, 0.25) is 11.8 Å². The van der Waals surface area contributed by atoms with Crippen LogP contribution in [0, 0.1) is 5.41 Å². The predicted octanol–water partition coefficient (Wildman–Crippen LogP) is 0.515. The quantitative estimate of drug-likeness (QED) is 0.377. The lowest BCUT2D eigenvalue weighted by Crippen LogP contribution is -2.71. The topological polar surface area (TPSA) is 130 Å². The molecule has 0 aliphatic carbocycles. The van der Waals surface area contributed by atoms with Crippen LogP contribution in [0.25, 0.3) is 0 Å². The van der Waals surface area contributed by atoms with Crippen molar-refractivity contribution in [3.8, 4) is 0 Å². The first kappa shape index (κ1) is 22.4. The van der Waals surface area contributed by atoms with Gasteiger partial charge < -0.3 is 20.6 Å². The Hall–Kier alpha value is -2.37. The first-order chi connectivity index (χ1) is 15.7. The van der Waals surface area contributed by atoms with Gasteiger partial charge in [-0.25, -0.2) is 4.79 Å². The van der Waals surface area contributed by atoms with Crippen LogP contribution in [-0.2, 0) is 25.6 Å². The molecule has 9 nitrogen and oxygen atoms in total. The zero-order valence-electron chi connectivity index (χ0n) is 18.1. The molecule has 1 aromatic rings. The molecule has 4 saturated heterocycles. The zero-order valence-corrected chi connectivity index (χ0v) is 19.8. The van der Waals surface area contributed by atoms with Crippen LogP contribution in [0.5, 0.6) is 0 Å². The predicted molar refractivity (Wildman–Crippen MR) is 123 cm³/mol. The molecule has 0 saturated carbocycles. The molecule has 4 N–H and O–H groups in total. The van der Waals surface area contributed by atoms with E-state index in [0.29, 0.717) is 12.3 Å². The van der Waals surface area contributed by atoms with Gasteiger partial charge in [0.15, 0.2) is 0 Å². The number of primary amides is 1. The normalized spacial score (nSPS) is 32.8. The van der Waals surface area contributed by atoms with E-state index in [4.69, 9.17) is 5.73 Å². The van der Waals surface area contributed by atoms with Crippen LogP contribution in [0.4, 0.5) is 0 Å². The Morgan fingerprint density at radius 3 is 2.52 bits per heavy atom. The van der Waals surface area contributed by atoms with Crippen molar-refractivity contribution in [2.45, 2.75) is 37.1 Å². The fourth-order valence-corrected chi connectivity index (χ4v) is 7.72. The highest BCUT2D eigenvalue weighted by molar-refractivity contribution is 8.00. The van der Waals surface area contributed by atoms with Crippen LogP contribution in [0.2, 0.25) is 0 Å². The summed E-state index contributed by atoms with van der Waals surface area (Å²) in [5.41, 5.74) is 6.08. The summed E-state index contributed by atoms with van der Waals surface area (Å²) in [6.07, 6.45) is 2.40. The van der Waals surface area contributed by atoms with Crippen molar-refractivity contribution in [3.05, 3.63) is 33.7 Å². The van der Waals surface area contributed by atoms with E-state index in [1.54, 1.807) is 0 Å². The number of amides is 3. The van der Waals surface area contributed by atoms with Crippen LogP contribution in [-0.4, -0.2) is 81.5 Å². The molecule has 0 aromatic carbocycles. The number of carboxylic acid groups (broad SMARTS) is 1. The van der Waals surface area contributed by atoms with Gasteiger partial charge in [0.05, 0.1) is 31.5 Å². The van der Waals surface area contributed by atoms with Gasteiger partial charge in [-0.1, -0.05) is 6.07 Å². The number of nitrogens with one attached hydrogen (secondary N) is 1. The second-order valence-electron chi connectivity index (χ2n) is 9.53. The Morgan fingerprint density at radius 2 is 1.94 bits per heavy atom. The molecule has 176 valence electrons. The second kappa shape index (κ2) is 8.14. The summed E-state index contributed by atoms with van der Waals surface area (Å²) in [6.45, 7) is 2.95. The third-order valence-electron chi connectivity index (χ3n) is 7.72. The number of rotatable bonds is 7. The van der Waals surface area contributed by atoms with Crippen LogP contribution in [0.3, 0.4) is 0 Å². The van der Waals surface area contributed by atoms with E-state index in [-0.39, 0.29) is 29.8 Å². The number of hydrogen-bond acceptors (Lipinski definition) is 6. The molecule has 6 rings (SSSR count). The van der Waals surface area contributed by atoms with Crippen molar-refractivity contribution in [2.24, 2.45) is 11.1 Å². The summed E-state index contributed by atoms with van der Waals surface area (Å²) in [5, 5.41) is 14.3. The lowest BCUT2D eigenvalue weighted by atomic mass is 9.70. The molecular weight excluding hydrogens is 464 g/mol. The Labute approximate surface area is 199 Å². The highest BCUT2D eigenvalue weighted by Gasteiger charge is 2.56. The molecule has 0 radical (unpaired) electrons. The number of thioether (sulfide) groups is 1. The van der Waals surface area contributed by atoms with Crippen molar-refractivity contribution in [2.75, 3.05) is 31.9 Å². The first-order valence-electron chi connectivity index (χ1n) is 11.1. The van der Waals surface area contributed by atoms with Crippen LogP contribution < -0.4 is 11.1 Å². The minimum atomic E-state index is -1.11. The van der Waals surface area contributed by atoms with E-state index in [0.717, 1.165) is 53.8 Å². The Balaban J connectivity index is 1.29. The molecule has 4 fully saturated rings. The maximum absolute atomic E-state index is 12.9. The molecule has 0 spiro atoms. The maximum atomic E-state index is 12.9. The third-order valence-corrected chi connectivity index (χ3v) is 9.94. The van der Waals surface area contributed by atoms with E-state index in [1.165, 1.54) is 28.0 Å². The van der Waals surface area contributed by atoms with Crippen LogP contribution in [0.1, 0.15) is 24.1 Å². The molecule has 33 heavy (non-hydrogen) atoms. The lowest BCUT2D eigenvalue weighted by Gasteiger charge is -2.55. The number of carbonyl (C=O) groups is 4. The number of aliphatic carboxylic acids is 1. The number of hydrogen-bond donors (Lipinski definition) is 3. The molecule has 5 aliphatic rings. The van der Waals surface area contributed by atoms with E-state index in [2.05, 4.69) is 5.32 Å². The number of carboxylic acids is 1. The van der Waals surface area contributed by atoms with Gasteiger partial charge in [-0.05, 0) is 11.4 Å². The number of quaternary nitrogens is 1. The van der Waals surface area contributed by atoms with E-state index >= 15 is 0 Å². The average molecular weight is 492 g/mol. The molecule has 5 aliphatic heterocycles. The van der Waals surface area contributed by atoms with Gasteiger partial charge in [0.25, 0.3) is 5.91 Å². The first-order valence-corrected chi connectivity index (χ1v) is 13.0. The lowest BCUT2D eigenvalue weighted by molar-refractivity contribution is -0.940. The van der Waals surface area contributed by atoms with Gasteiger partial charge >= 0.3 is 5.97 Å². The third kappa shape index (κ3) is 3.75. The smallest absolute Gasteiger partial charge is 0.352 e. The van der Waals surface area contributed by atoms with Gasteiger partial charge in [-0.3, -0.25) is 19.3 Å². The van der Waals surface area contributed by atoms with Crippen molar-refractivity contribution < 1.29 is 28.8 Å². The number of nitrogens with zero attached hydrogens (tertiary/aromatic N) is 2. The van der Waals surface area contributed by atoms with Crippen LogP contribution in [0.15, 0.2) is 28.8 Å². The number of carbonyl (C=O) groups excluding carboxylic acids is 3. The second-order valence-corrected chi connectivity index (χ2v) is 11.7. The molecule has 3 amide bonds. The summed E-state index contributed by atoms with van der Waals surface area (Å²) >= 11 is 2.99. The summed E-state index contributed by atoms with van der Waals surface area (Å²) in [5.74, 6) is -1.42. The van der Waals surface area contributed by atoms with Gasteiger partial charge in [-0.2, -0.15) is 0 Å². The van der Waals surface area contributed by atoms with Crippen molar-refractivity contribution in [1.29, 1.82) is 0 Å². The summed E-state index contributed by atoms with van der Waals surface area (Å²) in [4.78, 5) is 51.7. The standard InChI is InChI=1S/C22H26N4O5S2/c23-21(31)22-3-6-26(7-4-22,8-5-22)11-13-12-33-19-16(18(28)25(19)17(13)20(29)30)24-15(27)10-14-2-1-9-32-14/h1-2,9,16,19H,3-8,10-12H2,(H3-,23,24,27,29,30,31)/p+1/t16?,19-,22?,26?/m0/s1. The number of piperidine rings is 3. The largest absolute Gasteiger partial charge is 0.477 e. The molecular formula is C22H27N4O5S2+. The maximum Gasteiger partial charge on any atom is 0.352 e. The van der Waals surface area contributed by atoms with Crippen molar-refractivity contribution in [3.63, 3.8) is 0 Å². The highest BCUT2D eigenvalue weighted by Crippen LogP contribution is 2.46. The Kier molecular flexibility index (Phi) is 5.53. The van der Waals surface area contributed by atoms with Gasteiger partial charge in [-0.15, -0.1) is 23.1 Å². The number of nitrogens with two attached hydrogens (primary N) is 1. The van der Waals surface area contributed by atoms with Gasteiger partial charge in [0, 0.05) is 35.5 Å². The summed E-state index contributed by atoms with van der Waals surface area (Å²) in [6, 6.07) is 3.04. The fraction of sp³-hybridized carbons (Fsp3) is 0.545. The Bertz CT molecular complexity index is 1030. The summed E-state index contributed by atoms with van der Waals surface area (Å²) < 4.78 is 0.745. The minimum absolute atomic E-state index is 0.0670. The number of thiophene rings is 1. The van der Waals surface area contributed by atoms with Crippen molar-refractivity contribution >= 4 is 46.8 Å². The average Bonchev–Trinajstić information content (AvgIpc) is 3.31. The highest BCUT2D eigenvalue weighted by atomic mass is 32.2. The van der Waals surface area contributed by atoms with Crippen LogP contribution >= 0.6 is 23.1 Å². The molecule has 11 heteroatoms. The molecule has 1 aromatic heterocycles. The molecule has 2 atom stereocenters. The molecule has 2 bridgehead atoms. The molecule has 6 heterocycles. The van der Waals surface area contributed by atoms with E-state index in [9.17, 15) is 24.3 Å². The minimum Gasteiger partial charge on any atom is -0.477 e. The SMILES string of the molecule is NC(=O)C12CC[N+](CC3=C(C(=O)O)N4C(=O)C(NC(=O)Cc5cccs5)[C@@H]4SC3)(CC1)CC2.